The van der Waals surface area contributed by atoms with Crippen LogP contribution in [-0.4, -0.2) is 41.9 Å². The van der Waals surface area contributed by atoms with Crippen molar-refractivity contribution in [1.29, 1.82) is 0 Å². The Labute approximate surface area is 172 Å². The first kappa shape index (κ1) is 20.8. The van der Waals surface area contributed by atoms with E-state index in [1.54, 1.807) is 6.20 Å². The maximum Gasteiger partial charge on any atom is 0.248 e. The molecule has 2 saturated heterocycles. The highest BCUT2D eigenvalue weighted by molar-refractivity contribution is 5.85. The average Bonchev–Trinajstić information content (AvgIpc) is 3.29. The second-order valence-electron chi connectivity index (χ2n) is 7.55. The normalized spacial score (nSPS) is 24.1. The van der Waals surface area contributed by atoms with Crippen LogP contribution >= 0.6 is 12.4 Å². The van der Waals surface area contributed by atoms with E-state index in [-0.39, 0.29) is 24.4 Å². The van der Waals surface area contributed by atoms with Crippen molar-refractivity contribution in [2.24, 2.45) is 5.92 Å². The van der Waals surface area contributed by atoms with E-state index in [1.165, 1.54) is 5.56 Å². The van der Waals surface area contributed by atoms with Gasteiger partial charge in [-0.15, -0.1) is 12.4 Å². The molecule has 3 heterocycles. The number of hydrogen-bond acceptors (Lipinski definition) is 4. The van der Waals surface area contributed by atoms with Crippen LogP contribution in [0.1, 0.15) is 37.4 Å². The van der Waals surface area contributed by atoms with Crippen molar-refractivity contribution in [2.75, 3.05) is 26.2 Å². The van der Waals surface area contributed by atoms with Crippen molar-refractivity contribution in [1.82, 2.24) is 20.4 Å². The monoisotopic (exact) mass is 404 g/mol. The number of aromatic nitrogens is 2. The zero-order valence-electron chi connectivity index (χ0n) is 16.0. The Morgan fingerprint density at radius 3 is 2.75 bits per heavy atom. The Bertz CT molecular complexity index is 732. The summed E-state index contributed by atoms with van der Waals surface area (Å²) in [5.74, 6) is 0.367. The highest BCUT2D eigenvalue weighted by Crippen LogP contribution is 2.34. The van der Waals surface area contributed by atoms with Crippen molar-refractivity contribution in [3.8, 4) is 0 Å². The van der Waals surface area contributed by atoms with Gasteiger partial charge in [0.15, 0.2) is 0 Å². The molecule has 7 heteroatoms. The second-order valence-corrected chi connectivity index (χ2v) is 7.55. The smallest absolute Gasteiger partial charge is 0.248 e. The van der Waals surface area contributed by atoms with Gasteiger partial charge in [-0.1, -0.05) is 30.3 Å². The first-order valence-corrected chi connectivity index (χ1v) is 9.95. The standard InChI is InChI=1S/C21H28N4O2.ClH/c26-20(21(9-12-22-13-10-21)25-14-5-11-24-25)23-16-18-8-4-15-27-19(18)17-6-2-1-3-7-17;/h1-3,5-7,11,14,18-19,22H,4,8-10,12-13,15-16H2,(H,23,26);1H. The number of nitrogens with zero attached hydrogens (tertiary/aromatic N) is 2. The maximum absolute atomic E-state index is 13.3. The number of hydrogen-bond donors (Lipinski definition) is 2. The molecule has 28 heavy (non-hydrogen) atoms. The SMILES string of the molecule is Cl.O=C(NCC1CCCOC1c1ccccc1)C1(n2cccn2)CCNCC1. The number of halogens is 1. The number of nitrogens with one attached hydrogen (secondary N) is 2. The van der Waals surface area contributed by atoms with E-state index in [0.29, 0.717) is 12.5 Å². The molecule has 0 saturated carbocycles. The van der Waals surface area contributed by atoms with Crippen molar-refractivity contribution in [3.05, 3.63) is 54.4 Å². The van der Waals surface area contributed by atoms with Crippen LogP contribution < -0.4 is 10.6 Å². The third-order valence-electron chi connectivity index (χ3n) is 5.89. The summed E-state index contributed by atoms with van der Waals surface area (Å²) in [6, 6.07) is 12.2. The van der Waals surface area contributed by atoms with Crippen molar-refractivity contribution >= 4 is 18.3 Å². The lowest BCUT2D eigenvalue weighted by Gasteiger charge is -2.38. The largest absolute Gasteiger partial charge is 0.373 e. The second kappa shape index (κ2) is 9.54. The van der Waals surface area contributed by atoms with Crippen LogP contribution in [-0.2, 0) is 15.1 Å². The van der Waals surface area contributed by atoms with Crippen LogP contribution in [0.5, 0.6) is 0 Å². The summed E-state index contributed by atoms with van der Waals surface area (Å²) in [5.41, 5.74) is 0.604. The molecule has 2 atom stereocenters. The molecule has 0 spiro atoms. The fourth-order valence-electron chi connectivity index (χ4n) is 4.37. The molecule has 2 N–H and O–H groups in total. The Morgan fingerprint density at radius 2 is 2.04 bits per heavy atom. The van der Waals surface area contributed by atoms with E-state index < -0.39 is 5.54 Å². The molecule has 2 aliphatic heterocycles. The Hall–Kier alpha value is -1.89. The van der Waals surface area contributed by atoms with Gasteiger partial charge in [-0.3, -0.25) is 9.48 Å². The summed E-state index contributed by atoms with van der Waals surface area (Å²) in [6.45, 7) is 3.07. The summed E-state index contributed by atoms with van der Waals surface area (Å²) < 4.78 is 7.92. The lowest BCUT2D eigenvalue weighted by Crippen LogP contribution is -2.55. The number of amides is 1. The summed E-state index contributed by atoms with van der Waals surface area (Å²) in [4.78, 5) is 13.3. The zero-order valence-corrected chi connectivity index (χ0v) is 16.9. The van der Waals surface area contributed by atoms with Gasteiger partial charge in [0.2, 0.25) is 5.91 Å². The minimum absolute atomic E-state index is 0. The van der Waals surface area contributed by atoms with Gasteiger partial charge in [0.25, 0.3) is 0 Å². The van der Waals surface area contributed by atoms with Crippen molar-refractivity contribution in [3.63, 3.8) is 0 Å². The molecule has 0 bridgehead atoms. The Balaban J connectivity index is 0.00000225. The summed E-state index contributed by atoms with van der Waals surface area (Å²) in [6.07, 6.45) is 7.31. The summed E-state index contributed by atoms with van der Waals surface area (Å²) in [7, 11) is 0. The minimum atomic E-state index is -0.591. The van der Waals surface area contributed by atoms with Gasteiger partial charge < -0.3 is 15.4 Å². The van der Waals surface area contributed by atoms with Crippen molar-refractivity contribution < 1.29 is 9.53 Å². The van der Waals surface area contributed by atoms with Crippen molar-refractivity contribution in [2.45, 2.75) is 37.3 Å². The van der Waals surface area contributed by atoms with Crippen LogP contribution in [0.3, 0.4) is 0 Å². The number of rotatable bonds is 5. The maximum atomic E-state index is 13.3. The van der Waals surface area contributed by atoms with Crippen LogP contribution in [0.4, 0.5) is 0 Å². The topological polar surface area (TPSA) is 68.2 Å². The van der Waals surface area contributed by atoms with Crippen LogP contribution in [0.25, 0.3) is 0 Å². The summed E-state index contributed by atoms with van der Waals surface area (Å²) >= 11 is 0. The van der Waals surface area contributed by atoms with Crippen LogP contribution in [0.2, 0.25) is 0 Å². The molecule has 1 aromatic carbocycles. The molecule has 2 aromatic rings. The fraction of sp³-hybridized carbons (Fsp3) is 0.524. The molecule has 6 nitrogen and oxygen atoms in total. The van der Waals surface area contributed by atoms with E-state index in [4.69, 9.17) is 4.74 Å². The number of carbonyl (C=O) groups is 1. The zero-order chi connectivity index (χ0) is 18.5. The highest BCUT2D eigenvalue weighted by atomic mass is 35.5. The van der Waals surface area contributed by atoms with E-state index in [1.807, 2.05) is 35.1 Å². The predicted molar refractivity (Wildman–Crippen MR) is 110 cm³/mol. The molecule has 1 aromatic heterocycles. The molecule has 2 fully saturated rings. The lowest BCUT2D eigenvalue weighted by atomic mass is 9.86. The third-order valence-corrected chi connectivity index (χ3v) is 5.89. The molecule has 4 rings (SSSR count). The average molecular weight is 405 g/mol. The van der Waals surface area contributed by atoms with Gasteiger partial charge in [0.1, 0.15) is 5.54 Å². The van der Waals surface area contributed by atoms with E-state index in [9.17, 15) is 4.79 Å². The van der Waals surface area contributed by atoms with Gasteiger partial charge >= 0.3 is 0 Å². The molecular weight excluding hydrogens is 376 g/mol. The first-order chi connectivity index (χ1) is 13.3. The van der Waals surface area contributed by atoms with E-state index in [2.05, 4.69) is 27.9 Å². The summed E-state index contributed by atoms with van der Waals surface area (Å²) in [5, 5.41) is 11.0. The first-order valence-electron chi connectivity index (χ1n) is 9.95. The van der Waals surface area contributed by atoms with Crippen LogP contribution in [0, 0.1) is 5.92 Å². The van der Waals surface area contributed by atoms with Crippen LogP contribution in [0.15, 0.2) is 48.8 Å². The fourth-order valence-corrected chi connectivity index (χ4v) is 4.37. The molecule has 0 radical (unpaired) electrons. The molecule has 2 unspecified atom stereocenters. The quantitative estimate of drug-likeness (QED) is 0.803. The Kier molecular flexibility index (Phi) is 7.10. The molecular formula is C21H29ClN4O2. The predicted octanol–water partition coefficient (Wildman–Crippen LogP) is 2.67. The lowest BCUT2D eigenvalue weighted by molar-refractivity contribution is -0.132. The number of benzene rings is 1. The van der Waals surface area contributed by atoms with Gasteiger partial charge in [0.05, 0.1) is 6.10 Å². The minimum Gasteiger partial charge on any atom is -0.373 e. The highest BCUT2D eigenvalue weighted by Gasteiger charge is 2.42. The van der Waals surface area contributed by atoms with E-state index >= 15 is 0 Å². The molecule has 2 aliphatic rings. The number of piperidine rings is 1. The third kappa shape index (κ3) is 4.24. The number of carbonyl (C=O) groups excluding carboxylic acids is 1. The molecule has 0 aliphatic carbocycles. The Morgan fingerprint density at radius 1 is 1.25 bits per heavy atom. The van der Waals surface area contributed by atoms with Gasteiger partial charge in [-0.05, 0) is 50.4 Å². The number of ether oxygens (including phenoxy) is 1. The van der Waals surface area contributed by atoms with Gasteiger partial charge in [-0.2, -0.15) is 5.10 Å². The van der Waals surface area contributed by atoms with E-state index in [0.717, 1.165) is 45.4 Å². The van der Waals surface area contributed by atoms with Gasteiger partial charge in [-0.25, -0.2) is 0 Å². The molecule has 1 amide bonds. The molecule has 152 valence electrons. The van der Waals surface area contributed by atoms with Gasteiger partial charge in [0, 0.05) is 31.5 Å².